The summed E-state index contributed by atoms with van der Waals surface area (Å²) in [5.41, 5.74) is 1.36. The van der Waals surface area contributed by atoms with Crippen molar-refractivity contribution in [2.45, 2.75) is 51.1 Å². The first kappa shape index (κ1) is 10.3. The Labute approximate surface area is 97.3 Å². The topological polar surface area (TPSA) is 29.9 Å². The predicted octanol–water partition coefficient (Wildman–Crippen LogP) is 2.50. The third kappa shape index (κ3) is 2.64. The number of aromatic nitrogens is 2. The fraction of sp³-hybridized carbons (Fsp3) is 0.769. The molecule has 2 aliphatic rings. The van der Waals surface area contributed by atoms with E-state index < -0.39 is 0 Å². The van der Waals surface area contributed by atoms with Gasteiger partial charge < -0.3 is 9.88 Å². The predicted molar refractivity (Wildman–Crippen MR) is 64.2 cm³/mol. The fourth-order valence-corrected chi connectivity index (χ4v) is 2.29. The standard InChI is InChI=1S/C13H21N3/c1(2-11-3-4-11)7-14-8-13-9-15-10-16(13)12-5-6-12/h9-12,14H,1-8H2. The van der Waals surface area contributed by atoms with Gasteiger partial charge in [0, 0.05) is 18.8 Å². The van der Waals surface area contributed by atoms with Crippen molar-refractivity contribution in [3.05, 3.63) is 18.2 Å². The lowest BCUT2D eigenvalue weighted by Gasteiger charge is -2.07. The molecule has 3 nitrogen and oxygen atoms in total. The van der Waals surface area contributed by atoms with Crippen molar-refractivity contribution in [3.8, 4) is 0 Å². The fourth-order valence-electron chi connectivity index (χ4n) is 2.29. The second kappa shape index (κ2) is 4.58. The van der Waals surface area contributed by atoms with Crippen LogP contribution in [0.3, 0.4) is 0 Å². The zero-order valence-electron chi connectivity index (χ0n) is 9.86. The Morgan fingerprint density at radius 2 is 2.19 bits per heavy atom. The van der Waals surface area contributed by atoms with Crippen molar-refractivity contribution in [1.82, 2.24) is 14.9 Å². The molecule has 0 aromatic carbocycles. The minimum Gasteiger partial charge on any atom is -0.330 e. The summed E-state index contributed by atoms with van der Waals surface area (Å²) >= 11 is 0. The average molecular weight is 219 g/mol. The molecule has 1 aromatic rings. The molecule has 2 aliphatic carbocycles. The van der Waals surface area contributed by atoms with Gasteiger partial charge in [-0.2, -0.15) is 0 Å². The molecule has 1 aromatic heterocycles. The molecule has 1 heterocycles. The Balaban J connectivity index is 1.37. The molecule has 0 bridgehead atoms. The summed E-state index contributed by atoms with van der Waals surface area (Å²) in [5.74, 6) is 1.07. The molecule has 3 heteroatoms. The van der Waals surface area contributed by atoms with Crippen molar-refractivity contribution in [2.24, 2.45) is 5.92 Å². The molecule has 3 rings (SSSR count). The van der Waals surface area contributed by atoms with Crippen LogP contribution in [0.25, 0.3) is 0 Å². The van der Waals surface area contributed by atoms with Crippen LogP contribution in [0.2, 0.25) is 0 Å². The van der Waals surface area contributed by atoms with Crippen LogP contribution in [-0.2, 0) is 6.54 Å². The first-order valence-corrected chi connectivity index (χ1v) is 6.65. The van der Waals surface area contributed by atoms with Gasteiger partial charge in [0.25, 0.3) is 0 Å². The van der Waals surface area contributed by atoms with Gasteiger partial charge in [-0.05, 0) is 38.1 Å². The molecule has 2 saturated carbocycles. The maximum atomic E-state index is 4.24. The van der Waals surface area contributed by atoms with E-state index in [0.717, 1.165) is 25.0 Å². The number of nitrogens with zero attached hydrogens (tertiary/aromatic N) is 2. The lowest BCUT2D eigenvalue weighted by atomic mass is 10.2. The Hall–Kier alpha value is -0.830. The summed E-state index contributed by atoms with van der Waals surface area (Å²) in [6.45, 7) is 2.15. The van der Waals surface area contributed by atoms with Crippen LogP contribution in [0.1, 0.15) is 50.3 Å². The summed E-state index contributed by atoms with van der Waals surface area (Å²) in [6, 6.07) is 0.755. The molecule has 2 fully saturated rings. The summed E-state index contributed by atoms with van der Waals surface area (Å²) in [7, 11) is 0. The average Bonchev–Trinajstić information content (AvgIpc) is 3.19. The molecular formula is C13H21N3. The third-order valence-electron chi connectivity index (χ3n) is 3.66. The van der Waals surface area contributed by atoms with E-state index in [2.05, 4.69) is 14.9 Å². The first-order valence-electron chi connectivity index (χ1n) is 6.65. The zero-order valence-corrected chi connectivity index (χ0v) is 9.86. The van der Waals surface area contributed by atoms with Crippen molar-refractivity contribution >= 4 is 0 Å². The van der Waals surface area contributed by atoms with Crippen molar-refractivity contribution in [3.63, 3.8) is 0 Å². The number of rotatable bonds is 7. The molecule has 16 heavy (non-hydrogen) atoms. The van der Waals surface area contributed by atoms with Gasteiger partial charge in [-0.15, -0.1) is 0 Å². The van der Waals surface area contributed by atoms with Gasteiger partial charge in [0.1, 0.15) is 0 Å². The largest absolute Gasteiger partial charge is 0.330 e. The maximum Gasteiger partial charge on any atom is 0.0951 e. The molecule has 0 unspecified atom stereocenters. The highest BCUT2D eigenvalue weighted by Gasteiger charge is 2.25. The summed E-state index contributed by atoms with van der Waals surface area (Å²) in [6.07, 6.45) is 12.4. The maximum absolute atomic E-state index is 4.24. The van der Waals surface area contributed by atoms with Gasteiger partial charge >= 0.3 is 0 Å². The molecule has 0 amide bonds. The van der Waals surface area contributed by atoms with E-state index in [0.29, 0.717) is 0 Å². The molecule has 1 N–H and O–H groups in total. The summed E-state index contributed by atoms with van der Waals surface area (Å²) in [4.78, 5) is 4.24. The van der Waals surface area contributed by atoms with E-state index >= 15 is 0 Å². The Morgan fingerprint density at radius 3 is 2.94 bits per heavy atom. The smallest absolute Gasteiger partial charge is 0.0951 e. The molecule has 0 saturated heterocycles. The van der Waals surface area contributed by atoms with Gasteiger partial charge in [-0.1, -0.05) is 12.8 Å². The Morgan fingerprint density at radius 1 is 1.31 bits per heavy atom. The summed E-state index contributed by atoms with van der Waals surface area (Å²) in [5, 5.41) is 3.53. The third-order valence-corrected chi connectivity index (χ3v) is 3.66. The van der Waals surface area contributed by atoms with E-state index in [9.17, 15) is 0 Å². The van der Waals surface area contributed by atoms with Crippen molar-refractivity contribution in [2.75, 3.05) is 6.54 Å². The van der Waals surface area contributed by atoms with E-state index in [-0.39, 0.29) is 0 Å². The normalized spacial score (nSPS) is 20.2. The quantitative estimate of drug-likeness (QED) is 0.714. The lowest BCUT2D eigenvalue weighted by Crippen LogP contribution is -2.17. The second-order valence-corrected chi connectivity index (χ2v) is 5.29. The molecule has 0 atom stereocenters. The molecular weight excluding hydrogens is 198 g/mol. The molecule has 0 spiro atoms. The highest BCUT2D eigenvalue weighted by Crippen LogP contribution is 2.35. The monoisotopic (exact) mass is 219 g/mol. The lowest BCUT2D eigenvalue weighted by molar-refractivity contribution is 0.572. The first-order chi connectivity index (χ1) is 7.93. The van der Waals surface area contributed by atoms with Crippen molar-refractivity contribution < 1.29 is 0 Å². The van der Waals surface area contributed by atoms with Crippen LogP contribution in [0.15, 0.2) is 12.5 Å². The van der Waals surface area contributed by atoms with Crippen LogP contribution in [0.4, 0.5) is 0 Å². The minimum atomic E-state index is 0.755. The van der Waals surface area contributed by atoms with Crippen LogP contribution in [0.5, 0.6) is 0 Å². The van der Waals surface area contributed by atoms with E-state index in [4.69, 9.17) is 0 Å². The number of hydrogen-bond acceptors (Lipinski definition) is 2. The number of imidazole rings is 1. The summed E-state index contributed by atoms with van der Waals surface area (Å²) < 4.78 is 2.34. The molecule has 88 valence electrons. The number of hydrogen-bond donors (Lipinski definition) is 1. The highest BCUT2D eigenvalue weighted by molar-refractivity contribution is 5.03. The van der Waals surface area contributed by atoms with E-state index in [1.807, 2.05) is 12.5 Å². The van der Waals surface area contributed by atoms with Crippen molar-refractivity contribution in [1.29, 1.82) is 0 Å². The van der Waals surface area contributed by atoms with Crippen LogP contribution in [0, 0.1) is 5.92 Å². The zero-order chi connectivity index (χ0) is 10.8. The number of nitrogens with one attached hydrogen (secondary N) is 1. The van der Waals surface area contributed by atoms with Gasteiger partial charge in [-0.25, -0.2) is 4.98 Å². The van der Waals surface area contributed by atoms with E-state index in [1.165, 1.54) is 44.2 Å². The molecule has 0 aliphatic heterocycles. The highest BCUT2D eigenvalue weighted by atomic mass is 15.1. The van der Waals surface area contributed by atoms with E-state index in [1.54, 1.807) is 0 Å². The Kier molecular flexibility index (Phi) is 2.96. The van der Waals surface area contributed by atoms with Gasteiger partial charge in [0.05, 0.1) is 12.0 Å². The SMILES string of the molecule is c1ncn(C2CC2)c1CNCCCC1CC1. The minimum absolute atomic E-state index is 0.755. The second-order valence-electron chi connectivity index (χ2n) is 5.29. The van der Waals surface area contributed by atoms with Gasteiger partial charge in [0.2, 0.25) is 0 Å². The van der Waals surface area contributed by atoms with Crippen LogP contribution < -0.4 is 5.32 Å². The van der Waals surface area contributed by atoms with Gasteiger partial charge in [0.15, 0.2) is 0 Å². The van der Waals surface area contributed by atoms with Crippen LogP contribution >= 0.6 is 0 Å². The Bertz CT molecular complexity index is 337. The molecule has 0 radical (unpaired) electrons. The van der Waals surface area contributed by atoms with Crippen LogP contribution in [-0.4, -0.2) is 16.1 Å². The van der Waals surface area contributed by atoms with Gasteiger partial charge in [-0.3, -0.25) is 0 Å².